The molecule has 1 heterocycles. The molecule has 2 aromatic carbocycles. The van der Waals surface area contributed by atoms with E-state index < -0.39 is 12.8 Å². The first-order valence-corrected chi connectivity index (χ1v) is 12.5. The number of pyridine rings is 1. The van der Waals surface area contributed by atoms with E-state index in [0.717, 1.165) is 0 Å². The number of rotatable bonds is 8. The lowest BCUT2D eigenvalue weighted by Crippen LogP contribution is -2.08. The number of aromatic nitrogens is 1. The second kappa shape index (κ2) is 8.96. The van der Waals surface area contributed by atoms with Gasteiger partial charge in [0.2, 0.25) is 0 Å². The highest BCUT2D eigenvalue weighted by Gasteiger charge is 2.31. The van der Waals surface area contributed by atoms with Crippen LogP contribution in [0, 0.1) is 0 Å². The van der Waals surface area contributed by atoms with Crippen molar-refractivity contribution >= 4 is 18.5 Å². The number of fused-ring (bicyclic) bond motifs is 3. The molecule has 0 aliphatic heterocycles. The molecule has 3 aromatic rings. The highest BCUT2D eigenvalue weighted by atomic mass is 32.5. The topological polar surface area (TPSA) is 60.8 Å². The van der Waals surface area contributed by atoms with Gasteiger partial charge in [0.05, 0.1) is 18.9 Å². The predicted molar refractivity (Wildman–Crippen MR) is 121 cm³/mol. The van der Waals surface area contributed by atoms with Crippen molar-refractivity contribution in [2.75, 3.05) is 13.2 Å². The Morgan fingerprint density at radius 2 is 1.70 bits per heavy atom. The monoisotopic (exact) mass is 441 g/mol. The number of hydrogen-bond donors (Lipinski definition) is 1. The highest BCUT2D eigenvalue weighted by Crippen LogP contribution is 2.51. The fraction of sp³-hybridized carbons (Fsp3) is 0.261. The molecule has 7 heteroatoms. The zero-order chi connectivity index (χ0) is 21.1. The van der Waals surface area contributed by atoms with Crippen LogP contribution in [0.15, 0.2) is 66.9 Å². The third-order valence-electron chi connectivity index (χ3n) is 5.14. The molecule has 0 saturated carbocycles. The maximum absolute atomic E-state index is 10.7. The predicted octanol–water partition coefficient (Wildman–Crippen LogP) is 5.60. The Balaban J connectivity index is 1.47. The SMILES string of the molecule is CCOc1ccnc([C@H](C)OP(O)(=S)OCC2c3ccccc3-c3ccccc32)c1. The molecule has 0 radical (unpaired) electrons. The average Bonchev–Trinajstić information content (AvgIpc) is 3.06. The lowest BCUT2D eigenvalue weighted by molar-refractivity contribution is 0.147. The summed E-state index contributed by atoms with van der Waals surface area (Å²) in [7, 11) is 0. The summed E-state index contributed by atoms with van der Waals surface area (Å²) in [5.41, 5.74) is 5.36. The lowest BCUT2D eigenvalue weighted by Gasteiger charge is -2.23. The normalized spacial score (nSPS) is 15.8. The third-order valence-corrected chi connectivity index (χ3v) is 6.77. The van der Waals surface area contributed by atoms with Crippen LogP contribution in [0.5, 0.6) is 5.75 Å². The van der Waals surface area contributed by atoms with Crippen LogP contribution in [0.4, 0.5) is 0 Å². The Morgan fingerprint density at radius 1 is 1.07 bits per heavy atom. The molecular formula is C23H24NO4PS. The van der Waals surface area contributed by atoms with Crippen LogP contribution in [0.3, 0.4) is 0 Å². The van der Waals surface area contributed by atoms with Gasteiger partial charge < -0.3 is 14.2 Å². The summed E-state index contributed by atoms with van der Waals surface area (Å²) in [5, 5.41) is 0. The molecule has 0 fully saturated rings. The summed E-state index contributed by atoms with van der Waals surface area (Å²) in [6, 6.07) is 20.1. The van der Waals surface area contributed by atoms with Crippen LogP contribution < -0.4 is 4.74 Å². The molecule has 30 heavy (non-hydrogen) atoms. The molecule has 0 saturated heterocycles. The molecule has 1 aromatic heterocycles. The van der Waals surface area contributed by atoms with Gasteiger partial charge in [-0.15, -0.1) is 0 Å². The molecule has 156 valence electrons. The molecular weight excluding hydrogens is 417 g/mol. The van der Waals surface area contributed by atoms with Crippen molar-refractivity contribution in [2.24, 2.45) is 0 Å². The Morgan fingerprint density at radius 3 is 2.33 bits per heavy atom. The fourth-order valence-corrected chi connectivity index (χ4v) is 5.27. The fourth-order valence-electron chi connectivity index (χ4n) is 3.80. The van der Waals surface area contributed by atoms with E-state index in [-0.39, 0.29) is 12.5 Å². The molecule has 0 bridgehead atoms. The van der Waals surface area contributed by atoms with E-state index in [1.54, 1.807) is 25.3 Å². The van der Waals surface area contributed by atoms with Gasteiger partial charge in [0.25, 0.3) is 0 Å². The van der Waals surface area contributed by atoms with Gasteiger partial charge in [-0.25, -0.2) is 0 Å². The minimum absolute atomic E-state index is 0.00480. The molecule has 1 N–H and O–H groups in total. The summed E-state index contributed by atoms with van der Waals surface area (Å²) in [6.07, 6.45) is 1.12. The Hall–Kier alpha value is -2.08. The zero-order valence-corrected chi connectivity index (χ0v) is 18.6. The van der Waals surface area contributed by atoms with Crippen molar-refractivity contribution in [3.05, 3.63) is 83.7 Å². The molecule has 2 atom stereocenters. The first-order valence-electron chi connectivity index (χ1n) is 9.91. The van der Waals surface area contributed by atoms with Crippen LogP contribution in [-0.2, 0) is 20.9 Å². The summed E-state index contributed by atoms with van der Waals surface area (Å²) in [6.45, 7) is 1.05. The van der Waals surface area contributed by atoms with E-state index in [4.69, 9.17) is 25.6 Å². The highest BCUT2D eigenvalue weighted by molar-refractivity contribution is 8.07. The van der Waals surface area contributed by atoms with E-state index in [0.29, 0.717) is 18.1 Å². The molecule has 5 nitrogen and oxygen atoms in total. The third kappa shape index (κ3) is 4.48. The van der Waals surface area contributed by atoms with Gasteiger partial charge in [-0.1, -0.05) is 48.5 Å². The van der Waals surface area contributed by atoms with Crippen LogP contribution in [0.2, 0.25) is 0 Å². The lowest BCUT2D eigenvalue weighted by atomic mass is 9.98. The number of nitrogens with zero attached hydrogens (tertiary/aromatic N) is 1. The second-order valence-corrected chi connectivity index (χ2v) is 9.88. The minimum Gasteiger partial charge on any atom is -0.494 e. The molecule has 1 aliphatic carbocycles. The Labute approximate surface area is 181 Å². The van der Waals surface area contributed by atoms with Crippen molar-refractivity contribution in [2.45, 2.75) is 25.9 Å². The summed E-state index contributed by atoms with van der Waals surface area (Å²) < 4.78 is 17.0. The Kier molecular flexibility index (Phi) is 6.32. The van der Waals surface area contributed by atoms with Gasteiger partial charge in [-0.2, -0.15) is 0 Å². The molecule has 4 rings (SSSR count). The maximum Gasteiger partial charge on any atom is 0.325 e. The quantitative estimate of drug-likeness (QED) is 0.459. The standard InChI is InChI=1S/C23H24NO4PS/c1-3-26-17-12-13-24-23(14-17)16(2)28-29(25,30)27-15-22-20-10-6-4-8-18(20)19-9-5-7-11-21(19)22/h4-14,16,22H,3,15H2,1-2H3,(H,25,30)/t16-,29?/m0/s1. The van der Waals surface area contributed by atoms with Crippen molar-refractivity contribution in [1.29, 1.82) is 0 Å². The average molecular weight is 441 g/mol. The van der Waals surface area contributed by atoms with E-state index in [2.05, 4.69) is 29.2 Å². The number of ether oxygens (including phenoxy) is 1. The van der Waals surface area contributed by atoms with Gasteiger partial charge in [-0.05, 0) is 54.0 Å². The van der Waals surface area contributed by atoms with Crippen LogP contribution >= 0.6 is 6.72 Å². The zero-order valence-electron chi connectivity index (χ0n) is 16.9. The van der Waals surface area contributed by atoms with Gasteiger partial charge in [-0.3, -0.25) is 9.51 Å². The minimum atomic E-state index is -3.47. The molecule has 1 unspecified atom stereocenters. The van der Waals surface area contributed by atoms with Crippen LogP contribution in [0.25, 0.3) is 11.1 Å². The number of hydrogen-bond acceptors (Lipinski definition) is 5. The second-order valence-electron chi connectivity index (χ2n) is 7.09. The van der Waals surface area contributed by atoms with E-state index in [1.807, 2.05) is 31.2 Å². The van der Waals surface area contributed by atoms with E-state index in [9.17, 15) is 4.89 Å². The van der Waals surface area contributed by atoms with Crippen LogP contribution in [0.1, 0.15) is 42.7 Å². The smallest absolute Gasteiger partial charge is 0.325 e. The summed E-state index contributed by atoms with van der Waals surface area (Å²) in [4.78, 5) is 15.0. The van der Waals surface area contributed by atoms with Crippen LogP contribution in [-0.4, -0.2) is 23.1 Å². The molecule has 0 amide bonds. The number of benzene rings is 2. The summed E-state index contributed by atoms with van der Waals surface area (Å²) >= 11 is 5.30. The van der Waals surface area contributed by atoms with Crippen molar-refractivity contribution < 1.29 is 18.7 Å². The summed E-state index contributed by atoms with van der Waals surface area (Å²) in [5.74, 6) is 0.703. The van der Waals surface area contributed by atoms with E-state index >= 15 is 0 Å². The maximum atomic E-state index is 10.7. The Bertz CT molecular complexity index is 1040. The van der Waals surface area contributed by atoms with Gasteiger partial charge in [0.15, 0.2) is 0 Å². The van der Waals surface area contributed by atoms with Gasteiger partial charge in [0.1, 0.15) is 11.9 Å². The van der Waals surface area contributed by atoms with E-state index in [1.165, 1.54) is 22.3 Å². The molecule has 0 spiro atoms. The van der Waals surface area contributed by atoms with Crippen molar-refractivity contribution in [3.8, 4) is 16.9 Å². The largest absolute Gasteiger partial charge is 0.494 e. The molecule has 1 aliphatic rings. The van der Waals surface area contributed by atoms with Gasteiger partial charge >= 0.3 is 6.72 Å². The first-order chi connectivity index (χ1) is 14.5. The van der Waals surface area contributed by atoms with Gasteiger partial charge in [0, 0.05) is 18.2 Å². The first kappa shape index (κ1) is 21.2. The van der Waals surface area contributed by atoms with Crippen molar-refractivity contribution in [1.82, 2.24) is 4.98 Å². The van der Waals surface area contributed by atoms with Crippen molar-refractivity contribution in [3.63, 3.8) is 0 Å².